The number of carbonyl (C=O) groups excluding carboxylic acids is 2. The highest BCUT2D eigenvalue weighted by atomic mass is 35.5. The predicted molar refractivity (Wildman–Crippen MR) is 101 cm³/mol. The molecule has 0 bridgehead atoms. The average Bonchev–Trinajstić information content (AvgIpc) is 2.98. The number of piperazine rings is 1. The van der Waals surface area contributed by atoms with Crippen LogP contribution in [0.1, 0.15) is 22.3 Å². The number of nitrogens with one attached hydrogen (secondary N) is 1. The molecule has 1 N–H and O–H groups in total. The van der Waals surface area contributed by atoms with E-state index in [0.717, 1.165) is 5.69 Å². The van der Waals surface area contributed by atoms with Crippen LogP contribution in [0.2, 0.25) is 5.02 Å². The molecule has 0 spiro atoms. The molecule has 1 saturated heterocycles. The first kappa shape index (κ1) is 17.7. The fourth-order valence-electron chi connectivity index (χ4n) is 2.83. The number of aromatic nitrogens is 1. The Kier molecular flexibility index (Phi) is 4.96. The van der Waals surface area contributed by atoms with Crippen LogP contribution in [0.25, 0.3) is 0 Å². The minimum atomic E-state index is -0.145. The van der Waals surface area contributed by atoms with Gasteiger partial charge in [-0.3, -0.25) is 9.59 Å². The summed E-state index contributed by atoms with van der Waals surface area (Å²) in [6, 6.07) is 7.05. The van der Waals surface area contributed by atoms with E-state index in [0.29, 0.717) is 27.3 Å². The molecular formula is C17H19ClN4O2S. The van der Waals surface area contributed by atoms with Gasteiger partial charge in [-0.2, -0.15) is 0 Å². The molecule has 1 aromatic carbocycles. The van der Waals surface area contributed by atoms with E-state index in [2.05, 4.69) is 10.3 Å². The Hall–Kier alpha value is -2.12. The van der Waals surface area contributed by atoms with Crippen molar-refractivity contribution in [2.45, 2.75) is 19.9 Å². The monoisotopic (exact) mass is 378 g/mol. The van der Waals surface area contributed by atoms with Crippen molar-refractivity contribution in [2.75, 3.05) is 30.4 Å². The minimum Gasteiger partial charge on any atom is -0.365 e. The van der Waals surface area contributed by atoms with Crippen molar-refractivity contribution in [3.05, 3.63) is 39.9 Å². The Balaban J connectivity index is 1.79. The lowest BCUT2D eigenvalue weighted by molar-refractivity contribution is -0.121. The number of nitrogens with zero attached hydrogens (tertiary/aromatic N) is 3. The van der Waals surface area contributed by atoms with Crippen molar-refractivity contribution < 1.29 is 9.59 Å². The Bertz CT molecular complexity index is 805. The van der Waals surface area contributed by atoms with Crippen LogP contribution < -0.4 is 10.2 Å². The van der Waals surface area contributed by atoms with Crippen molar-refractivity contribution >= 4 is 45.6 Å². The predicted octanol–water partition coefficient (Wildman–Crippen LogP) is 3.02. The van der Waals surface area contributed by atoms with Gasteiger partial charge in [0.25, 0.3) is 5.91 Å². The number of thiazole rings is 1. The number of hydrogen-bond donors (Lipinski definition) is 1. The molecule has 8 heteroatoms. The molecule has 2 heterocycles. The molecule has 2 aromatic rings. The molecule has 0 aliphatic carbocycles. The molecule has 1 unspecified atom stereocenters. The number of aryl methyl sites for hydroxylation is 1. The van der Waals surface area contributed by atoms with E-state index >= 15 is 0 Å². The number of amides is 2. The summed E-state index contributed by atoms with van der Waals surface area (Å²) in [7, 11) is 1.77. The fourth-order valence-corrected chi connectivity index (χ4v) is 3.83. The van der Waals surface area contributed by atoms with Crippen LogP contribution in [0.3, 0.4) is 0 Å². The molecule has 1 aliphatic heterocycles. The number of carbonyl (C=O) groups is 2. The van der Waals surface area contributed by atoms with Crippen LogP contribution in [0.5, 0.6) is 0 Å². The lowest BCUT2D eigenvalue weighted by Crippen LogP contribution is -2.57. The number of benzene rings is 1. The zero-order valence-corrected chi connectivity index (χ0v) is 15.8. The summed E-state index contributed by atoms with van der Waals surface area (Å²) in [5.41, 5.74) is 1.47. The maximum Gasteiger partial charge on any atom is 0.266 e. The second-order valence-corrected chi connectivity index (χ2v) is 7.38. The van der Waals surface area contributed by atoms with Gasteiger partial charge in [0, 0.05) is 30.3 Å². The highest BCUT2D eigenvalue weighted by Gasteiger charge is 2.35. The summed E-state index contributed by atoms with van der Waals surface area (Å²) in [6.07, 6.45) is 0. The maximum atomic E-state index is 12.9. The Morgan fingerprint density at radius 3 is 2.64 bits per heavy atom. The SMILES string of the molecule is CNc1nc(C)c(C(=O)N2CC(=O)N(c3ccc(Cl)cc3)CC2C)s1. The van der Waals surface area contributed by atoms with Crippen LogP contribution in [-0.2, 0) is 4.79 Å². The second-order valence-electron chi connectivity index (χ2n) is 5.95. The van der Waals surface area contributed by atoms with Gasteiger partial charge in [-0.25, -0.2) is 4.98 Å². The van der Waals surface area contributed by atoms with Gasteiger partial charge in [0.15, 0.2) is 5.13 Å². The highest BCUT2D eigenvalue weighted by Crippen LogP contribution is 2.27. The van der Waals surface area contributed by atoms with E-state index in [1.54, 1.807) is 35.9 Å². The number of halogens is 1. The molecule has 3 rings (SSSR count). The lowest BCUT2D eigenvalue weighted by atomic mass is 10.1. The minimum absolute atomic E-state index is 0.0504. The third kappa shape index (κ3) is 3.48. The van der Waals surface area contributed by atoms with Crippen molar-refractivity contribution in [2.24, 2.45) is 0 Å². The molecule has 2 amide bonds. The topological polar surface area (TPSA) is 65.5 Å². The van der Waals surface area contributed by atoms with Gasteiger partial charge in [0.1, 0.15) is 11.4 Å². The normalized spacial score (nSPS) is 17.8. The molecule has 25 heavy (non-hydrogen) atoms. The summed E-state index contributed by atoms with van der Waals surface area (Å²) in [6.45, 7) is 4.25. The van der Waals surface area contributed by atoms with Gasteiger partial charge in [0.2, 0.25) is 5.91 Å². The summed E-state index contributed by atoms with van der Waals surface area (Å²) in [5, 5.41) is 4.27. The third-order valence-corrected chi connectivity index (χ3v) is 5.60. The van der Waals surface area contributed by atoms with E-state index in [4.69, 9.17) is 11.6 Å². The van der Waals surface area contributed by atoms with E-state index in [1.165, 1.54) is 11.3 Å². The maximum absolute atomic E-state index is 12.9. The molecule has 0 radical (unpaired) electrons. The molecule has 1 atom stereocenters. The van der Waals surface area contributed by atoms with Gasteiger partial charge < -0.3 is 15.1 Å². The lowest BCUT2D eigenvalue weighted by Gasteiger charge is -2.39. The summed E-state index contributed by atoms with van der Waals surface area (Å²) in [4.78, 5) is 33.7. The van der Waals surface area contributed by atoms with Crippen LogP contribution >= 0.6 is 22.9 Å². The number of rotatable bonds is 3. The molecule has 1 aromatic heterocycles. The standard InChI is InChI=1S/C17H19ClN4O2S/c1-10-8-22(13-6-4-12(18)5-7-13)14(23)9-21(10)16(24)15-11(2)20-17(19-3)25-15/h4-7,10H,8-9H2,1-3H3,(H,19,20). The van der Waals surface area contributed by atoms with Gasteiger partial charge in [0.05, 0.1) is 5.69 Å². The molecule has 1 fully saturated rings. The van der Waals surface area contributed by atoms with E-state index < -0.39 is 0 Å². The fraction of sp³-hybridized carbons (Fsp3) is 0.353. The Labute approximate surface area is 155 Å². The number of hydrogen-bond acceptors (Lipinski definition) is 5. The third-order valence-electron chi connectivity index (χ3n) is 4.19. The van der Waals surface area contributed by atoms with Crippen LogP contribution in [0.4, 0.5) is 10.8 Å². The zero-order chi connectivity index (χ0) is 18.1. The molecule has 1 aliphatic rings. The van der Waals surface area contributed by atoms with Crippen molar-refractivity contribution in [3.8, 4) is 0 Å². The Morgan fingerprint density at radius 1 is 1.36 bits per heavy atom. The van der Waals surface area contributed by atoms with Crippen molar-refractivity contribution in [3.63, 3.8) is 0 Å². The Morgan fingerprint density at radius 2 is 2.04 bits per heavy atom. The van der Waals surface area contributed by atoms with E-state index in [1.807, 2.05) is 19.1 Å². The van der Waals surface area contributed by atoms with Crippen LogP contribution in [0, 0.1) is 6.92 Å². The van der Waals surface area contributed by atoms with E-state index in [-0.39, 0.29) is 24.4 Å². The van der Waals surface area contributed by atoms with Crippen molar-refractivity contribution in [1.29, 1.82) is 0 Å². The molecule has 0 saturated carbocycles. The number of anilines is 2. The van der Waals surface area contributed by atoms with Crippen molar-refractivity contribution in [1.82, 2.24) is 9.88 Å². The smallest absolute Gasteiger partial charge is 0.266 e. The molecular weight excluding hydrogens is 360 g/mol. The van der Waals surface area contributed by atoms with Gasteiger partial charge in [-0.1, -0.05) is 22.9 Å². The summed E-state index contributed by atoms with van der Waals surface area (Å²) < 4.78 is 0. The largest absolute Gasteiger partial charge is 0.365 e. The average molecular weight is 379 g/mol. The van der Waals surface area contributed by atoms with Crippen LogP contribution in [-0.4, -0.2) is 47.9 Å². The van der Waals surface area contributed by atoms with Gasteiger partial charge >= 0.3 is 0 Å². The highest BCUT2D eigenvalue weighted by molar-refractivity contribution is 7.17. The first-order valence-corrected chi connectivity index (χ1v) is 9.12. The van der Waals surface area contributed by atoms with Gasteiger partial charge in [-0.05, 0) is 38.1 Å². The molecule has 6 nitrogen and oxygen atoms in total. The van der Waals surface area contributed by atoms with Crippen LogP contribution in [0.15, 0.2) is 24.3 Å². The zero-order valence-electron chi connectivity index (χ0n) is 14.2. The van der Waals surface area contributed by atoms with Gasteiger partial charge in [-0.15, -0.1) is 0 Å². The first-order valence-electron chi connectivity index (χ1n) is 7.92. The first-order chi connectivity index (χ1) is 11.9. The molecule has 132 valence electrons. The summed E-state index contributed by atoms with van der Waals surface area (Å²) in [5.74, 6) is -0.252. The second kappa shape index (κ2) is 7.01. The summed E-state index contributed by atoms with van der Waals surface area (Å²) >= 11 is 7.22. The van der Waals surface area contributed by atoms with E-state index in [9.17, 15) is 9.59 Å². The quantitative estimate of drug-likeness (QED) is 0.891.